The largest absolute Gasteiger partial charge is 0.329 e. The first-order valence-corrected chi connectivity index (χ1v) is 8.11. The number of hydrogen-bond donors (Lipinski definition) is 1. The lowest BCUT2D eigenvalue weighted by atomic mass is 10.0. The normalized spacial score (nSPS) is 19.4. The van der Waals surface area contributed by atoms with Crippen LogP contribution < -0.4 is 5.73 Å². The van der Waals surface area contributed by atoms with E-state index >= 15 is 0 Å². The molecule has 0 aliphatic carbocycles. The summed E-state index contributed by atoms with van der Waals surface area (Å²) in [6, 6.07) is 11.3. The molecule has 1 heterocycles. The molecule has 18 heavy (non-hydrogen) atoms. The van der Waals surface area contributed by atoms with Gasteiger partial charge in [-0.2, -0.15) is 11.8 Å². The maximum atomic E-state index is 5.97. The highest BCUT2D eigenvalue weighted by Gasteiger charge is 2.18. The number of aryl methyl sites for hydroxylation is 1. The summed E-state index contributed by atoms with van der Waals surface area (Å²) >= 11 is 2.08. The molecule has 0 bridgehead atoms. The molecule has 3 heteroatoms. The molecule has 0 spiro atoms. The van der Waals surface area contributed by atoms with Crippen LogP contribution in [-0.2, 0) is 6.42 Å². The molecule has 2 N–H and O–H groups in total. The third-order valence-corrected chi connectivity index (χ3v) is 4.70. The minimum absolute atomic E-state index is 0.559. The lowest BCUT2D eigenvalue weighted by Crippen LogP contribution is -2.42. The van der Waals surface area contributed by atoms with E-state index in [0.717, 1.165) is 13.0 Å². The van der Waals surface area contributed by atoms with Gasteiger partial charge in [-0.3, -0.25) is 4.90 Å². The lowest BCUT2D eigenvalue weighted by molar-refractivity contribution is 0.206. The minimum atomic E-state index is 0.559. The number of hydrogen-bond acceptors (Lipinski definition) is 3. The molecule has 100 valence electrons. The Morgan fingerprint density at radius 2 is 2.00 bits per heavy atom. The summed E-state index contributed by atoms with van der Waals surface area (Å²) in [4.78, 5) is 2.60. The van der Waals surface area contributed by atoms with Gasteiger partial charge in [0.2, 0.25) is 0 Å². The molecule has 2 rings (SSSR count). The fourth-order valence-electron chi connectivity index (χ4n) is 2.56. The molecule has 1 unspecified atom stereocenters. The highest BCUT2D eigenvalue weighted by Crippen LogP contribution is 2.15. The van der Waals surface area contributed by atoms with Gasteiger partial charge in [0.15, 0.2) is 0 Å². The van der Waals surface area contributed by atoms with Gasteiger partial charge in [0.25, 0.3) is 0 Å². The monoisotopic (exact) mass is 264 g/mol. The predicted molar refractivity (Wildman–Crippen MR) is 81.1 cm³/mol. The van der Waals surface area contributed by atoms with E-state index in [0.29, 0.717) is 6.04 Å². The molecule has 1 atom stereocenters. The topological polar surface area (TPSA) is 29.3 Å². The SMILES string of the molecule is NCC(CCc1ccccc1)N1CCCSCC1. The zero-order valence-corrected chi connectivity index (χ0v) is 11.9. The first kappa shape index (κ1) is 13.9. The van der Waals surface area contributed by atoms with Gasteiger partial charge in [-0.1, -0.05) is 30.3 Å². The minimum Gasteiger partial charge on any atom is -0.329 e. The Bertz CT molecular complexity index is 321. The predicted octanol–water partition coefficient (Wildman–Crippen LogP) is 2.39. The summed E-state index contributed by atoms with van der Waals surface area (Å²) in [5, 5.41) is 0. The van der Waals surface area contributed by atoms with Gasteiger partial charge in [0.05, 0.1) is 0 Å². The van der Waals surface area contributed by atoms with E-state index in [1.807, 2.05) is 0 Å². The molecule has 1 saturated heterocycles. The fraction of sp³-hybridized carbons (Fsp3) is 0.600. The van der Waals surface area contributed by atoms with Crippen molar-refractivity contribution in [2.45, 2.75) is 25.3 Å². The van der Waals surface area contributed by atoms with Crippen LogP contribution in [0.4, 0.5) is 0 Å². The maximum Gasteiger partial charge on any atom is 0.0221 e. The molecule has 0 aromatic heterocycles. The van der Waals surface area contributed by atoms with Crippen molar-refractivity contribution < 1.29 is 0 Å². The van der Waals surface area contributed by atoms with Gasteiger partial charge in [-0.25, -0.2) is 0 Å². The van der Waals surface area contributed by atoms with Crippen LogP contribution in [0.25, 0.3) is 0 Å². The lowest BCUT2D eigenvalue weighted by Gasteiger charge is -2.29. The molecule has 0 saturated carbocycles. The van der Waals surface area contributed by atoms with Crippen LogP contribution in [0.3, 0.4) is 0 Å². The Hall–Kier alpha value is -0.510. The van der Waals surface area contributed by atoms with Crippen molar-refractivity contribution in [1.29, 1.82) is 0 Å². The second-order valence-corrected chi connectivity index (χ2v) is 6.14. The molecule has 1 aliphatic rings. The zero-order chi connectivity index (χ0) is 12.6. The summed E-state index contributed by atoms with van der Waals surface area (Å²) in [7, 11) is 0. The fourth-order valence-corrected chi connectivity index (χ4v) is 3.46. The molecule has 2 nitrogen and oxygen atoms in total. The summed E-state index contributed by atoms with van der Waals surface area (Å²) in [6.45, 7) is 3.22. The van der Waals surface area contributed by atoms with E-state index in [2.05, 4.69) is 47.0 Å². The van der Waals surface area contributed by atoms with Crippen molar-refractivity contribution in [3.63, 3.8) is 0 Å². The van der Waals surface area contributed by atoms with E-state index in [4.69, 9.17) is 5.73 Å². The Kier molecular flexibility index (Phi) is 6.05. The quantitative estimate of drug-likeness (QED) is 0.885. The molecular weight excluding hydrogens is 240 g/mol. The standard InChI is InChI=1S/C15H24N2S/c16-13-15(17-9-4-11-18-12-10-17)8-7-14-5-2-1-3-6-14/h1-3,5-6,15H,4,7-13,16H2. The van der Waals surface area contributed by atoms with E-state index in [1.54, 1.807) is 0 Å². The maximum absolute atomic E-state index is 5.97. The summed E-state index contributed by atoms with van der Waals surface area (Å²) in [6.07, 6.45) is 3.64. The van der Waals surface area contributed by atoms with Crippen molar-refractivity contribution in [2.75, 3.05) is 31.1 Å². The first-order valence-electron chi connectivity index (χ1n) is 6.96. The van der Waals surface area contributed by atoms with Gasteiger partial charge in [-0.15, -0.1) is 0 Å². The Labute approximate surface area is 115 Å². The van der Waals surface area contributed by atoms with Crippen molar-refractivity contribution in [2.24, 2.45) is 5.73 Å². The third-order valence-electron chi connectivity index (χ3n) is 3.65. The Balaban J connectivity index is 1.84. The smallest absolute Gasteiger partial charge is 0.0221 e. The molecule has 1 aromatic rings. The van der Waals surface area contributed by atoms with E-state index in [9.17, 15) is 0 Å². The molecule has 1 fully saturated rings. The second kappa shape index (κ2) is 7.82. The number of rotatable bonds is 5. The second-order valence-electron chi connectivity index (χ2n) is 4.92. The highest BCUT2D eigenvalue weighted by molar-refractivity contribution is 7.99. The van der Waals surface area contributed by atoms with Crippen molar-refractivity contribution in [1.82, 2.24) is 4.90 Å². The van der Waals surface area contributed by atoms with Gasteiger partial charge in [0, 0.05) is 24.9 Å². The molecule has 1 aliphatic heterocycles. The van der Waals surface area contributed by atoms with Crippen molar-refractivity contribution in [3.8, 4) is 0 Å². The van der Waals surface area contributed by atoms with E-state index in [1.165, 1.54) is 43.0 Å². The van der Waals surface area contributed by atoms with Crippen molar-refractivity contribution >= 4 is 11.8 Å². The number of nitrogens with zero attached hydrogens (tertiary/aromatic N) is 1. The zero-order valence-electron chi connectivity index (χ0n) is 11.1. The Morgan fingerprint density at radius 3 is 2.78 bits per heavy atom. The molecule has 0 amide bonds. The van der Waals surface area contributed by atoms with Crippen LogP contribution in [0.15, 0.2) is 30.3 Å². The summed E-state index contributed by atoms with van der Waals surface area (Å²) < 4.78 is 0. The average Bonchev–Trinajstić information content (AvgIpc) is 2.70. The van der Waals surface area contributed by atoms with Crippen LogP contribution in [0.2, 0.25) is 0 Å². The summed E-state index contributed by atoms with van der Waals surface area (Å²) in [5.74, 6) is 2.58. The van der Waals surface area contributed by atoms with Gasteiger partial charge in [-0.05, 0) is 37.1 Å². The van der Waals surface area contributed by atoms with Crippen LogP contribution in [0.5, 0.6) is 0 Å². The molecule has 0 radical (unpaired) electrons. The Morgan fingerprint density at radius 1 is 1.17 bits per heavy atom. The highest BCUT2D eigenvalue weighted by atomic mass is 32.2. The summed E-state index contributed by atoms with van der Waals surface area (Å²) in [5.41, 5.74) is 7.40. The van der Waals surface area contributed by atoms with Gasteiger partial charge in [0.1, 0.15) is 0 Å². The number of nitrogens with two attached hydrogens (primary N) is 1. The first-order chi connectivity index (χ1) is 8.90. The van der Waals surface area contributed by atoms with Crippen LogP contribution in [0.1, 0.15) is 18.4 Å². The molecule has 1 aromatic carbocycles. The third kappa shape index (κ3) is 4.30. The van der Waals surface area contributed by atoms with E-state index in [-0.39, 0.29) is 0 Å². The van der Waals surface area contributed by atoms with Crippen LogP contribution in [0, 0.1) is 0 Å². The van der Waals surface area contributed by atoms with Gasteiger partial charge >= 0.3 is 0 Å². The van der Waals surface area contributed by atoms with Gasteiger partial charge < -0.3 is 5.73 Å². The van der Waals surface area contributed by atoms with Crippen LogP contribution in [-0.4, -0.2) is 42.1 Å². The van der Waals surface area contributed by atoms with Crippen LogP contribution >= 0.6 is 11.8 Å². The average molecular weight is 264 g/mol. The van der Waals surface area contributed by atoms with Crippen molar-refractivity contribution in [3.05, 3.63) is 35.9 Å². The number of thioether (sulfide) groups is 1. The van der Waals surface area contributed by atoms with E-state index < -0.39 is 0 Å². The molecular formula is C15H24N2S. The number of benzene rings is 1.